The fourth-order valence-corrected chi connectivity index (χ4v) is 2.11. The van der Waals surface area contributed by atoms with Crippen molar-refractivity contribution < 1.29 is 18.9 Å². The summed E-state index contributed by atoms with van der Waals surface area (Å²) in [6.45, 7) is 3.60. The molecule has 0 aliphatic heterocycles. The third-order valence-electron chi connectivity index (χ3n) is 3.22. The van der Waals surface area contributed by atoms with E-state index in [9.17, 15) is 0 Å². The van der Waals surface area contributed by atoms with Gasteiger partial charge in [0, 0.05) is 6.61 Å². The van der Waals surface area contributed by atoms with Gasteiger partial charge in [0.15, 0.2) is 11.5 Å². The zero-order chi connectivity index (χ0) is 15.8. The first kappa shape index (κ1) is 16.2. The maximum Gasteiger partial charge on any atom is 0.203 e. The van der Waals surface area contributed by atoms with Crippen molar-refractivity contribution in [1.29, 1.82) is 0 Å². The van der Waals surface area contributed by atoms with E-state index in [1.165, 1.54) is 0 Å². The average Bonchev–Trinajstić information content (AvgIpc) is 2.58. The average molecular weight is 302 g/mol. The molecular weight excluding hydrogens is 280 g/mol. The topological polar surface area (TPSA) is 36.9 Å². The normalized spacial score (nSPS) is 10.3. The molecule has 0 aliphatic carbocycles. The van der Waals surface area contributed by atoms with Crippen LogP contribution in [0.5, 0.6) is 17.2 Å². The smallest absolute Gasteiger partial charge is 0.203 e. The molecule has 2 aromatic carbocycles. The Kier molecular flexibility index (Phi) is 6.10. The van der Waals surface area contributed by atoms with Crippen molar-refractivity contribution >= 4 is 0 Å². The molecule has 0 aliphatic rings. The lowest BCUT2D eigenvalue weighted by atomic mass is 10.2. The van der Waals surface area contributed by atoms with E-state index in [0.717, 1.165) is 11.1 Å². The summed E-state index contributed by atoms with van der Waals surface area (Å²) in [4.78, 5) is 0. The summed E-state index contributed by atoms with van der Waals surface area (Å²) >= 11 is 0. The van der Waals surface area contributed by atoms with E-state index in [-0.39, 0.29) is 0 Å². The predicted octanol–water partition coefficient (Wildman–Crippen LogP) is 3.82. The first-order valence-corrected chi connectivity index (χ1v) is 7.27. The van der Waals surface area contributed by atoms with Crippen molar-refractivity contribution in [3.8, 4) is 17.2 Å². The molecular formula is C18H22O4. The zero-order valence-electron chi connectivity index (χ0n) is 13.3. The summed E-state index contributed by atoms with van der Waals surface area (Å²) in [6, 6.07) is 13.8. The van der Waals surface area contributed by atoms with E-state index >= 15 is 0 Å². The molecule has 0 N–H and O–H groups in total. The molecule has 0 radical (unpaired) electrons. The third kappa shape index (κ3) is 4.15. The first-order valence-electron chi connectivity index (χ1n) is 7.27. The van der Waals surface area contributed by atoms with Crippen LogP contribution in [-0.2, 0) is 18.0 Å². The lowest BCUT2D eigenvalue weighted by Gasteiger charge is -2.16. The van der Waals surface area contributed by atoms with Crippen molar-refractivity contribution in [2.45, 2.75) is 20.1 Å². The van der Waals surface area contributed by atoms with Crippen LogP contribution in [-0.4, -0.2) is 20.8 Å². The summed E-state index contributed by atoms with van der Waals surface area (Å²) in [5, 5.41) is 0. The number of rotatable bonds is 8. The molecule has 0 heterocycles. The summed E-state index contributed by atoms with van der Waals surface area (Å²) < 4.78 is 22.2. The van der Waals surface area contributed by atoms with Crippen LogP contribution in [0.3, 0.4) is 0 Å². The predicted molar refractivity (Wildman–Crippen MR) is 85.7 cm³/mol. The zero-order valence-corrected chi connectivity index (χ0v) is 13.3. The van der Waals surface area contributed by atoms with Gasteiger partial charge in [-0.25, -0.2) is 0 Å². The van der Waals surface area contributed by atoms with Gasteiger partial charge in [0.25, 0.3) is 0 Å². The molecule has 2 aromatic rings. The van der Waals surface area contributed by atoms with E-state index in [0.29, 0.717) is 37.1 Å². The van der Waals surface area contributed by atoms with Crippen molar-refractivity contribution in [3.63, 3.8) is 0 Å². The second-order valence-corrected chi connectivity index (χ2v) is 4.74. The van der Waals surface area contributed by atoms with E-state index in [1.54, 1.807) is 14.2 Å². The molecule has 0 spiro atoms. The number of benzene rings is 2. The minimum atomic E-state index is 0.457. The fourth-order valence-electron chi connectivity index (χ4n) is 2.11. The molecule has 4 heteroatoms. The lowest BCUT2D eigenvalue weighted by Crippen LogP contribution is -2.02. The van der Waals surface area contributed by atoms with E-state index in [4.69, 9.17) is 18.9 Å². The molecule has 0 aromatic heterocycles. The summed E-state index contributed by atoms with van der Waals surface area (Å²) in [7, 11) is 3.24. The van der Waals surface area contributed by atoms with Crippen molar-refractivity contribution in [2.75, 3.05) is 20.8 Å². The van der Waals surface area contributed by atoms with Crippen LogP contribution in [0.25, 0.3) is 0 Å². The maximum atomic E-state index is 5.90. The van der Waals surface area contributed by atoms with Gasteiger partial charge in [0.05, 0.1) is 20.8 Å². The molecule has 2 rings (SSSR count). The Balaban J connectivity index is 2.21. The van der Waals surface area contributed by atoms with Crippen LogP contribution in [0.1, 0.15) is 18.1 Å². The highest BCUT2D eigenvalue weighted by Crippen LogP contribution is 2.39. The number of hydrogen-bond donors (Lipinski definition) is 0. The maximum absolute atomic E-state index is 5.90. The summed E-state index contributed by atoms with van der Waals surface area (Å²) in [5.74, 6) is 1.89. The SMILES string of the molecule is CCOCc1cc(OC)c(OCc2ccccc2)c(OC)c1. The molecule has 22 heavy (non-hydrogen) atoms. The Morgan fingerprint density at radius 2 is 1.45 bits per heavy atom. The Morgan fingerprint density at radius 1 is 0.818 bits per heavy atom. The van der Waals surface area contributed by atoms with Crippen molar-refractivity contribution in [1.82, 2.24) is 0 Å². The molecule has 0 unspecified atom stereocenters. The highest BCUT2D eigenvalue weighted by atomic mass is 16.5. The molecule has 0 saturated heterocycles. The van der Waals surface area contributed by atoms with Crippen LogP contribution in [0, 0.1) is 0 Å². The van der Waals surface area contributed by atoms with Gasteiger partial charge in [-0.2, -0.15) is 0 Å². The molecule has 0 fully saturated rings. The van der Waals surface area contributed by atoms with Crippen LogP contribution >= 0.6 is 0 Å². The largest absolute Gasteiger partial charge is 0.493 e. The second-order valence-electron chi connectivity index (χ2n) is 4.74. The number of methoxy groups -OCH3 is 2. The lowest BCUT2D eigenvalue weighted by molar-refractivity contribution is 0.133. The Hall–Kier alpha value is -2.20. The molecule has 0 saturated carbocycles. The standard InChI is InChI=1S/C18H22O4/c1-4-21-12-15-10-16(19-2)18(17(11-15)20-3)22-13-14-8-6-5-7-9-14/h5-11H,4,12-13H2,1-3H3. The van der Waals surface area contributed by atoms with Crippen LogP contribution < -0.4 is 14.2 Å². The van der Waals surface area contributed by atoms with Gasteiger partial charge in [-0.1, -0.05) is 30.3 Å². The summed E-state index contributed by atoms with van der Waals surface area (Å²) in [5.41, 5.74) is 2.08. The van der Waals surface area contributed by atoms with Gasteiger partial charge in [-0.05, 0) is 30.2 Å². The minimum absolute atomic E-state index is 0.457. The minimum Gasteiger partial charge on any atom is -0.493 e. The number of ether oxygens (including phenoxy) is 4. The first-order chi connectivity index (χ1) is 10.8. The van der Waals surface area contributed by atoms with Gasteiger partial charge in [-0.15, -0.1) is 0 Å². The Bertz CT molecular complexity index is 556. The highest BCUT2D eigenvalue weighted by Gasteiger charge is 2.14. The number of hydrogen-bond acceptors (Lipinski definition) is 4. The van der Waals surface area contributed by atoms with Gasteiger partial charge in [-0.3, -0.25) is 0 Å². The summed E-state index contributed by atoms with van der Waals surface area (Å²) in [6.07, 6.45) is 0. The van der Waals surface area contributed by atoms with Gasteiger partial charge < -0.3 is 18.9 Å². The van der Waals surface area contributed by atoms with Crippen LogP contribution in [0.4, 0.5) is 0 Å². The second kappa shape index (κ2) is 8.29. The molecule has 0 amide bonds. The molecule has 4 nitrogen and oxygen atoms in total. The van der Waals surface area contributed by atoms with Gasteiger partial charge in [0.2, 0.25) is 5.75 Å². The van der Waals surface area contributed by atoms with Crippen LogP contribution in [0.2, 0.25) is 0 Å². The third-order valence-corrected chi connectivity index (χ3v) is 3.22. The van der Waals surface area contributed by atoms with Crippen molar-refractivity contribution in [3.05, 3.63) is 53.6 Å². The Labute approximate surface area is 131 Å². The Morgan fingerprint density at radius 3 is 2.00 bits per heavy atom. The van der Waals surface area contributed by atoms with E-state index < -0.39 is 0 Å². The quantitative estimate of drug-likeness (QED) is 0.743. The monoisotopic (exact) mass is 302 g/mol. The van der Waals surface area contributed by atoms with Gasteiger partial charge >= 0.3 is 0 Å². The molecule has 118 valence electrons. The van der Waals surface area contributed by atoms with E-state index in [1.807, 2.05) is 49.4 Å². The van der Waals surface area contributed by atoms with E-state index in [2.05, 4.69) is 0 Å². The fraction of sp³-hybridized carbons (Fsp3) is 0.333. The van der Waals surface area contributed by atoms with Crippen molar-refractivity contribution in [2.24, 2.45) is 0 Å². The highest BCUT2D eigenvalue weighted by molar-refractivity contribution is 5.53. The molecule has 0 atom stereocenters. The van der Waals surface area contributed by atoms with Gasteiger partial charge in [0.1, 0.15) is 6.61 Å². The molecule has 0 bridgehead atoms. The van der Waals surface area contributed by atoms with Crippen LogP contribution in [0.15, 0.2) is 42.5 Å².